The average Bonchev–Trinajstić information content (AvgIpc) is 2.33. The standard InChI is InChI=1S/C15H15NS/c1-11-3-9-15(10-4-11)17-12(2)13-5-7-14(16)8-6-13/h3-10H,2,16H2,1H3. The van der Waals surface area contributed by atoms with Gasteiger partial charge in [-0.2, -0.15) is 0 Å². The van der Waals surface area contributed by atoms with Crippen molar-refractivity contribution >= 4 is 22.4 Å². The molecule has 0 radical (unpaired) electrons. The molecule has 0 aliphatic carbocycles. The van der Waals surface area contributed by atoms with Crippen LogP contribution in [0.2, 0.25) is 0 Å². The summed E-state index contributed by atoms with van der Waals surface area (Å²) in [5.41, 5.74) is 8.83. The SMILES string of the molecule is C=C(Sc1ccc(C)cc1)c1ccc(N)cc1. The Morgan fingerprint density at radius 3 is 2.18 bits per heavy atom. The highest BCUT2D eigenvalue weighted by Crippen LogP contribution is 2.32. The molecular weight excluding hydrogens is 226 g/mol. The molecule has 0 aromatic heterocycles. The van der Waals surface area contributed by atoms with Crippen LogP contribution in [0.3, 0.4) is 0 Å². The van der Waals surface area contributed by atoms with Crippen LogP contribution in [0.1, 0.15) is 11.1 Å². The highest BCUT2D eigenvalue weighted by molar-refractivity contribution is 8.08. The molecule has 0 heterocycles. The second kappa shape index (κ2) is 5.11. The van der Waals surface area contributed by atoms with Gasteiger partial charge in [-0.1, -0.05) is 48.2 Å². The number of nitrogens with two attached hydrogens (primary N) is 1. The molecule has 0 saturated heterocycles. The van der Waals surface area contributed by atoms with Crippen molar-refractivity contribution in [1.82, 2.24) is 0 Å². The number of anilines is 1. The molecule has 0 spiro atoms. The highest BCUT2D eigenvalue weighted by atomic mass is 32.2. The van der Waals surface area contributed by atoms with Crippen molar-refractivity contribution in [2.75, 3.05) is 5.73 Å². The van der Waals surface area contributed by atoms with Crippen LogP contribution >= 0.6 is 11.8 Å². The number of aryl methyl sites for hydroxylation is 1. The van der Waals surface area contributed by atoms with E-state index in [1.54, 1.807) is 11.8 Å². The summed E-state index contributed by atoms with van der Waals surface area (Å²) in [5.74, 6) is 0. The molecule has 0 amide bonds. The van der Waals surface area contributed by atoms with Crippen LogP contribution in [0.15, 0.2) is 60.0 Å². The first kappa shape index (κ1) is 11.8. The van der Waals surface area contributed by atoms with E-state index in [0.717, 1.165) is 16.2 Å². The first-order valence-electron chi connectivity index (χ1n) is 5.44. The van der Waals surface area contributed by atoms with Gasteiger partial charge in [0.2, 0.25) is 0 Å². The molecule has 1 nitrogen and oxygen atoms in total. The Bertz CT molecular complexity index is 512. The minimum absolute atomic E-state index is 0.780. The fourth-order valence-electron chi connectivity index (χ4n) is 1.48. The third-order valence-corrected chi connectivity index (χ3v) is 3.48. The quantitative estimate of drug-likeness (QED) is 0.639. The second-order valence-corrected chi connectivity index (χ2v) is 5.13. The molecule has 2 rings (SSSR count). The summed E-state index contributed by atoms with van der Waals surface area (Å²) < 4.78 is 0. The maximum absolute atomic E-state index is 5.66. The van der Waals surface area contributed by atoms with Gasteiger partial charge in [-0.3, -0.25) is 0 Å². The van der Waals surface area contributed by atoms with Crippen LogP contribution in [0.4, 0.5) is 5.69 Å². The number of hydrogen-bond donors (Lipinski definition) is 1. The molecule has 0 saturated carbocycles. The number of hydrogen-bond acceptors (Lipinski definition) is 2. The lowest BCUT2D eigenvalue weighted by Gasteiger charge is -2.06. The summed E-state index contributed by atoms with van der Waals surface area (Å²) in [7, 11) is 0. The number of benzene rings is 2. The third-order valence-electron chi connectivity index (χ3n) is 2.49. The molecule has 2 N–H and O–H groups in total. The highest BCUT2D eigenvalue weighted by Gasteiger charge is 2.01. The Morgan fingerprint density at radius 2 is 1.59 bits per heavy atom. The smallest absolute Gasteiger partial charge is 0.0314 e. The molecule has 2 aromatic carbocycles. The Labute approximate surface area is 106 Å². The van der Waals surface area contributed by atoms with Crippen molar-refractivity contribution in [3.63, 3.8) is 0 Å². The Kier molecular flexibility index (Phi) is 3.55. The van der Waals surface area contributed by atoms with Crippen LogP contribution in [0.25, 0.3) is 4.91 Å². The van der Waals surface area contributed by atoms with Gasteiger partial charge in [0, 0.05) is 15.5 Å². The molecule has 86 valence electrons. The summed E-state index contributed by atoms with van der Waals surface area (Å²) >= 11 is 1.68. The predicted molar refractivity (Wildman–Crippen MR) is 76.9 cm³/mol. The van der Waals surface area contributed by atoms with Gasteiger partial charge in [0.1, 0.15) is 0 Å². The lowest BCUT2D eigenvalue weighted by atomic mass is 10.2. The first-order chi connectivity index (χ1) is 8.15. The van der Waals surface area contributed by atoms with Gasteiger partial charge >= 0.3 is 0 Å². The summed E-state index contributed by atoms with van der Waals surface area (Å²) in [4.78, 5) is 2.24. The van der Waals surface area contributed by atoms with Crippen molar-refractivity contribution in [2.24, 2.45) is 0 Å². The van der Waals surface area contributed by atoms with E-state index >= 15 is 0 Å². The minimum atomic E-state index is 0.780. The first-order valence-corrected chi connectivity index (χ1v) is 6.26. The van der Waals surface area contributed by atoms with Gasteiger partial charge < -0.3 is 5.73 Å². The number of nitrogen functional groups attached to an aromatic ring is 1. The van der Waals surface area contributed by atoms with Crippen LogP contribution in [-0.2, 0) is 0 Å². The van der Waals surface area contributed by atoms with Crippen molar-refractivity contribution in [2.45, 2.75) is 11.8 Å². The molecule has 2 aromatic rings. The Balaban J connectivity index is 2.11. The Morgan fingerprint density at radius 1 is 1.00 bits per heavy atom. The van der Waals surface area contributed by atoms with Crippen LogP contribution in [-0.4, -0.2) is 0 Å². The minimum Gasteiger partial charge on any atom is -0.399 e. The molecule has 0 atom stereocenters. The Hall–Kier alpha value is -1.67. The zero-order chi connectivity index (χ0) is 12.3. The van der Waals surface area contributed by atoms with E-state index in [1.807, 2.05) is 24.3 Å². The van der Waals surface area contributed by atoms with E-state index in [-0.39, 0.29) is 0 Å². The van der Waals surface area contributed by atoms with Crippen molar-refractivity contribution in [3.05, 3.63) is 66.2 Å². The zero-order valence-electron chi connectivity index (χ0n) is 9.81. The molecule has 0 unspecified atom stereocenters. The fraction of sp³-hybridized carbons (Fsp3) is 0.0667. The normalized spacial score (nSPS) is 10.2. The number of rotatable bonds is 3. The fourth-order valence-corrected chi connectivity index (χ4v) is 2.29. The largest absolute Gasteiger partial charge is 0.399 e. The van der Waals surface area contributed by atoms with Crippen LogP contribution in [0, 0.1) is 6.92 Å². The van der Waals surface area contributed by atoms with E-state index in [2.05, 4.69) is 37.8 Å². The van der Waals surface area contributed by atoms with Gasteiger partial charge in [0.05, 0.1) is 0 Å². The molecular formula is C15H15NS. The van der Waals surface area contributed by atoms with Crippen molar-refractivity contribution < 1.29 is 0 Å². The molecule has 0 fully saturated rings. The number of thioether (sulfide) groups is 1. The summed E-state index contributed by atoms with van der Waals surface area (Å²) in [6.07, 6.45) is 0. The van der Waals surface area contributed by atoms with E-state index < -0.39 is 0 Å². The lowest BCUT2D eigenvalue weighted by Crippen LogP contribution is -1.84. The summed E-state index contributed by atoms with van der Waals surface area (Å²) in [6, 6.07) is 16.2. The maximum Gasteiger partial charge on any atom is 0.0314 e. The lowest BCUT2D eigenvalue weighted by molar-refractivity contribution is 1.38. The third kappa shape index (κ3) is 3.14. The van der Waals surface area contributed by atoms with Crippen LogP contribution in [0.5, 0.6) is 0 Å². The van der Waals surface area contributed by atoms with Crippen molar-refractivity contribution in [3.8, 4) is 0 Å². The maximum atomic E-state index is 5.66. The molecule has 0 bridgehead atoms. The van der Waals surface area contributed by atoms with E-state index in [1.165, 1.54) is 10.5 Å². The van der Waals surface area contributed by atoms with E-state index in [4.69, 9.17) is 5.73 Å². The summed E-state index contributed by atoms with van der Waals surface area (Å²) in [5, 5.41) is 0. The average molecular weight is 241 g/mol. The molecule has 17 heavy (non-hydrogen) atoms. The van der Waals surface area contributed by atoms with E-state index in [0.29, 0.717) is 0 Å². The van der Waals surface area contributed by atoms with E-state index in [9.17, 15) is 0 Å². The van der Waals surface area contributed by atoms with Gasteiger partial charge in [-0.05, 0) is 36.8 Å². The molecule has 2 heteroatoms. The topological polar surface area (TPSA) is 26.0 Å². The van der Waals surface area contributed by atoms with Gasteiger partial charge in [0.15, 0.2) is 0 Å². The second-order valence-electron chi connectivity index (χ2n) is 3.96. The monoisotopic (exact) mass is 241 g/mol. The van der Waals surface area contributed by atoms with Gasteiger partial charge in [-0.15, -0.1) is 0 Å². The van der Waals surface area contributed by atoms with Gasteiger partial charge in [0.25, 0.3) is 0 Å². The predicted octanol–water partition coefficient (Wildman–Crippen LogP) is 4.34. The summed E-state index contributed by atoms with van der Waals surface area (Å²) in [6.45, 7) is 6.18. The van der Waals surface area contributed by atoms with Crippen molar-refractivity contribution in [1.29, 1.82) is 0 Å². The zero-order valence-corrected chi connectivity index (χ0v) is 10.6. The molecule has 0 aliphatic heterocycles. The van der Waals surface area contributed by atoms with Gasteiger partial charge in [-0.25, -0.2) is 0 Å². The van der Waals surface area contributed by atoms with Crippen LogP contribution < -0.4 is 5.73 Å². The molecule has 0 aliphatic rings.